The molecule has 2 nitrogen and oxygen atoms in total. The van der Waals surface area contributed by atoms with Crippen molar-refractivity contribution >= 4 is 37.7 Å². The van der Waals surface area contributed by atoms with Gasteiger partial charge in [-0.15, -0.1) is 0 Å². The minimum absolute atomic E-state index is 0.0232. The molecule has 0 atom stereocenters. The first kappa shape index (κ1) is 13.3. The minimum Gasteiger partial charge on any atom is -0.456 e. The second kappa shape index (κ2) is 5.11. The van der Waals surface area contributed by atoms with Gasteiger partial charge in [0.1, 0.15) is 11.3 Å². The highest BCUT2D eigenvalue weighted by molar-refractivity contribution is 9.10. The van der Waals surface area contributed by atoms with Gasteiger partial charge in [-0.3, -0.25) is 4.79 Å². The van der Waals surface area contributed by atoms with Crippen LogP contribution in [-0.2, 0) is 0 Å². The van der Waals surface area contributed by atoms with Crippen LogP contribution in [0.25, 0.3) is 33.1 Å². The molecule has 0 saturated carbocycles. The first-order valence-electron chi connectivity index (χ1n) is 6.93. The molecule has 0 saturated heterocycles. The molecule has 0 fully saturated rings. The standard InChI is InChI=1S/C19H11BrO2/c20-15-7-5-12(6-8-15)18-11-17(21)16-9-13-3-1-2-4-14(13)10-19(16)22-18/h1-11H. The normalized spacial score (nSPS) is 11.1. The summed E-state index contributed by atoms with van der Waals surface area (Å²) in [5.74, 6) is 0.584. The molecule has 0 aliphatic rings. The monoisotopic (exact) mass is 350 g/mol. The van der Waals surface area contributed by atoms with E-state index in [1.807, 2.05) is 60.7 Å². The van der Waals surface area contributed by atoms with Crippen molar-refractivity contribution in [2.75, 3.05) is 0 Å². The Kier molecular flexibility index (Phi) is 3.09. The van der Waals surface area contributed by atoms with E-state index in [1.165, 1.54) is 0 Å². The van der Waals surface area contributed by atoms with Crippen molar-refractivity contribution in [3.63, 3.8) is 0 Å². The molecule has 0 spiro atoms. The van der Waals surface area contributed by atoms with Gasteiger partial charge in [0.15, 0.2) is 5.43 Å². The van der Waals surface area contributed by atoms with Crippen molar-refractivity contribution < 1.29 is 4.42 Å². The van der Waals surface area contributed by atoms with Crippen LogP contribution in [0.5, 0.6) is 0 Å². The molecule has 1 aromatic heterocycles. The lowest BCUT2D eigenvalue weighted by molar-refractivity contribution is 0.619. The third-order valence-electron chi connectivity index (χ3n) is 3.72. The van der Waals surface area contributed by atoms with E-state index >= 15 is 0 Å². The first-order chi connectivity index (χ1) is 10.7. The summed E-state index contributed by atoms with van der Waals surface area (Å²) in [6.07, 6.45) is 0. The highest BCUT2D eigenvalue weighted by atomic mass is 79.9. The summed E-state index contributed by atoms with van der Waals surface area (Å²) >= 11 is 3.41. The number of hydrogen-bond acceptors (Lipinski definition) is 2. The van der Waals surface area contributed by atoms with Gasteiger partial charge in [0.05, 0.1) is 5.39 Å². The summed E-state index contributed by atoms with van der Waals surface area (Å²) in [6.45, 7) is 0. The Labute approximate surface area is 135 Å². The zero-order valence-corrected chi connectivity index (χ0v) is 13.1. The Bertz CT molecular complexity index is 1050. The molecule has 4 aromatic rings. The summed E-state index contributed by atoms with van der Waals surface area (Å²) < 4.78 is 6.95. The van der Waals surface area contributed by atoms with E-state index in [0.29, 0.717) is 16.7 Å². The minimum atomic E-state index is -0.0232. The van der Waals surface area contributed by atoms with Crippen LogP contribution in [0, 0.1) is 0 Å². The Morgan fingerprint density at radius 3 is 2.23 bits per heavy atom. The van der Waals surface area contributed by atoms with Gasteiger partial charge in [0.2, 0.25) is 0 Å². The van der Waals surface area contributed by atoms with E-state index < -0.39 is 0 Å². The molecule has 1 heterocycles. The molecule has 3 heteroatoms. The van der Waals surface area contributed by atoms with Crippen molar-refractivity contribution in [2.45, 2.75) is 0 Å². The lowest BCUT2D eigenvalue weighted by atomic mass is 10.1. The number of fused-ring (bicyclic) bond motifs is 2. The molecule has 4 rings (SSSR count). The topological polar surface area (TPSA) is 30.2 Å². The van der Waals surface area contributed by atoms with E-state index in [2.05, 4.69) is 15.9 Å². The van der Waals surface area contributed by atoms with Gasteiger partial charge in [-0.1, -0.05) is 52.3 Å². The average molecular weight is 351 g/mol. The third kappa shape index (κ3) is 2.24. The molecular formula is C19H11BrO2. The molecular weight excluding hydrogens is 340 g/mol. The fourth-order valence-corrected chi connectivity index (χ4v) is 2.86. The van der Waals surface area contributed by atoms with Crippen LogP contribution < -0.4 is 5.43 Å². The quantitative estimate of drug-likeness (QED) is 0.431. The molecule has 0 amide bonds. The van der Waals surface area contributed by atoms with Crippen LogP contribution in [0.4, 0.5) is 0 Å². The maximum Gasteiger partial charge on any atom is 0.193 e. The summed E-state index contributed by atoms with van der Waals surface area (Å²) in [5.41, 5.74) is 1.48. The fourth-order valence-electron chi connectivity index (χ4n) is 2.60. The number of rotatable bonds is 1. The average Bonchev–Trinajstić information content (AvgIpc) is 2.54. The van der Waals surface area contributed by atoms with Gasteiger partial charge >= 0.3 is 0 Å². The Balaban J connectivity index is 2.00. The van der Waals surface area contributed by atoms with Crippen molar-refractivity contribution in [1.29, 1.82) is 0 Å². The summed E-state index contributed by atoms with van der Waals surface area (Å²) in [4.78, 5) is 12.4. The fraction of sp³-hybridized carbons (Fsp3) is 0. The number of halogens is 1. The van der Waals surface area contributed by atoms with Crippen LogP contribution >= 0.6 is 15.9 Å². The summed E-state index contributed by atoms with van der Waals surface area (Å²) in [6, 6.07) is 21.0. The van der Waals surface area contributed by atoms with E-state index in [4.69, 9.17) is 4.42 Å². The molecule has 0 unspecified atom stereocenters. The Morgan fingerprint density at radius 2 is 1.50 bits per heavy atom. The van der Waals surface area contributed by atoms with Crippen LogP contribution in [-0.4, -0.2) is 0 Å². The second-order valence-electron chi connectivity index (χ2n) is 5.18. The Hall–Kier alpha value is -2.39. The van der Waals surface area contributed by atoms with Gasteiger partial charge in [-0.25, -0.2) is 0 Å². The number of benzene rings is 3. The largest absolute Gasteiger partial charge is 0.456 e. The molecule has 0 radical (unpaired) electrons. The van der Waals surface area contributed by atoms with Crippen molar-refractivity contribution in [1.82, 2.24) is 0 Å². The van der Waals surface area contributed by atoms with Gasteiger partial charge in [-0.05, 0) is 35.0 Å². The van der Waals surface area contributed by atoms with E-state index in [0.717, 1.165) is 20.8 Å². The van der Waals surface area contributed by atoms with E-state index in [1.54, 1.807) is 6.07 Å². The summed E-state index contributed by atoms with van der Waals surface area (Å²) in [7, 11) is 0. The molecule has 0 bridgehead atoms. The smallest absolute Gasteiger partial charge is 0.193 e. The molecule has 0 N–H and O–H groups in total. The SMILES string of the molecule is O=c1cc(-c2ccc(Br)cc2)oc2cc3ccccc3cc12. The van der Waals surface area contributed by atoms with Crippen LogP contribution in [0.15, 0.2) is 80.4 Å². The Morgan fingerprint density at radius 1 is 0.818 bits per heavy atom. The van der Waals surface area contributed by atoms with Gasteiger partial charge in [0, 0.05) is 16.1 Å². The molecule has 106 valence electrons. The zero-order valence-electron chi connectivity index (χ0n) is 11.5. The van der Waals surface area contributed by atoms with E-state index in [-0.39, 0.29) is 5.43 Å². The van der Waals surface area contributed by atoms with Crippen molar-refractivity contribution in [2.24, 2.45) is 0 Å². The maximum atomic E-state index is 12.4. The van der Waals surface area contributed by atoms with Crippen molar-refractivity contribution in [3.8, 4) is 11.3 Å². The molecule has 0 aliphatic carbocycles. The predicted molar refractivity (Wildman–Crippen MR) is 93.1 cm³/mol. The van der Waals surface area contributed by atoms with Crippen LogP contribution in [0.1, 0.15) is 0 Å². The molecule has 3 aromatic carbocycles. The lowest BCUT2D eigenvalue weighted by Gasteiger charge is -2.05. The van der Waals surface area contributed by atoms with Gasteiger partial charge in [0.25, 0.3) is 0 Å². The zero-order chi connectivity index (χ0) is 15.1. The van der Waals surface area contributed by atoms with Crippen LogP contribution in [0.3, 0.4) is 0 Å². The summed E-state index contributed by atoms with van der Waals surface area (Å²) in [5, 5.41) is 2.71. The van der Waals surface area contributed by atoms with E-state index in [9.17, 15) is 4.79 Å². The van der Waals surface area contributed by atoms with Crippen molar-refractivity contribution in [3.05, 3.63) is 81.4 Å². The van der Waals surface area contributed by atoms with Gasteiger partial charge in [-0.2, -0.15) is 0 Å². The third-order valence-corrected chi connectivity index (χ3v) is 4.25. The highest BCUT2D eigenvalue weighted by Crippen LogP contribution is 2.26. The predicted octanol–water partition coefficient (Wildman–Crippen LogP) is 5.38. The highest BCUT2D eigenvalue weighted by Gasteiger charge is 2.08. The van der Waals surface area contributed by atoms with Crippen LogP contribution in [0.2, 0.25) is 0 Å². The maximum absolute atomic E-state index is 12.4. The lowest BCUT2D eigenvalue weighted by Crippen LogP contribution is -2.00. The number of hydrogen-bond donors (Lipinski definition) is 0. The molecule has 0 aliphatic heterocycles. The van der Waals surface area contributed by atoms with Gasteiger partial charge < -0.3 is 4.42 Å². The second-order valence-corrected chi connectivity index (χ2v) is 6.09. The molecule has 22 heavy (non-hydrogen) atoms. The first-order valence-corrected chi connectivity index (χ1v) is 7.73.